The summed E-state index contributed by atoms with van der Waals surface area (Å²) in [6, 6.07) is 24.3. The number of benzene rings is 3. The summed E-state index contributed by atoms with van der Waals surface area (Å²) in [5.41, 5.74) is 4.19. The first-order valence-electron chi connectivity index (χ1n) is 9.85. The van der Waals surface area contributed by atoms with E-state index in [-0.39, 0.29) is 5.78 Å². The molecule has 0 saturated heterocycles. The molecule has 158 valence electrons. The van der Waals surface area contributed by atoms with Crippen LogP contribution in [-0.4, -0.2) is 33.0 Å². The number of ether oxygens (including phenoxy) is 2. The Balaban J connectivity index is 1.88. The topological polar surface area (TPSA) is 55.8 Å². The third-order valence-electron chi connectivity index (χ3n) is 4.94. The summed E-state index contributed by atoms with van der Waals surface area (Å²) in [4.78, 5) is 27.1. The molecule has 0 aliphatic rings. The molecule has 31 heavy (non-hydrogen) atoms. The van der Waals surface area contributed by atoms with Crippen molar-refractivity contribution >= 4 is 23.0 Å². The summed E-state index contributed by atoms with van der Waals surface area (Å²) in [7, 11) is 4.78. The van der Waals surface area contributed by atoms with Crippen LogP contribution < -0.4 is 4.90 Å². The standard InChI is InChI=1S/C26H25NO4/c1-27(17-21-12-7-8-15-23(21)24(18-30-2)26(29)31-3)22-14-9-13-20(16-22)25(28)19-10-5-4-6-11-19/h4-16,18H,17H2,1-3H3/b24-18+. The fraction of sp³-hybridized carbons (Fsp3) is 0.154. The monoisotopic (exact) mass is 415 g/mol. The van der Waals surface area contributed by atoms with E-state index in [2.05, 4.69) is 0 Å². The number of hydrogen-bond donors (Lipinski definition) is 0. The van der Waals surface area contributed by atoms with Gasteiger partial charge in [-0.3, -0.25) is 4.79 Å². The molecule has 5 nitrogen and oxygen atoms in total. The lowest BCUT2D eigenvalue weighted by atomic mass is 9.99. The van der Waals surface area contributed by atoms with E-state index in [1.807, 2.05) is 90.8 Å². The zero-order valence-corrected chi connectivity index (χ0v) is 17.9. The summed E-state index contributed by atoms with van der Waals surface area (Å²) in [5.74, 6) is -0.486. The Kier molecular flexibility index (Phi) is 7.22. The number of anilines is 1. The van der Waals surface area contributed by atoms with E-state index in [4.69, 9.17) is 9.47 Å². The van der Waals surface area contributed by atoms with Crippen LogP contribution in [0.4, 0.5) is 5.69 Å². The van der Waals surface area contributed by atoms with E-state index in [0.29, 0.717) is 23.2 Å². The highest BCUT2D eigenvalue weighted by molar-refractivity contribution is 6.16. The third kappa shape index (κ3) is 5.20. The van der Waals surface area contributed by atoms with Crippen LogP contribution in [-0.2, 0) is 20.8 Å². The first kappa shape index (κ1) is 21.8. The van der Waals surface area contributed by atoms with Crippen LogP contribution >= 0.6 is 0 Å². The highest BCUT2D eigenvalue weighted by Gasteiger charge is 2.18. The Labute approximate surface area is 182 Å². The van der Waals surface area contributed by atoms with Crippen molar-refractivity contribution in [2.24, 2.45) is 0 Å². The average molecular weight is 415 g/mol. The lowest BCUT2D eigenvalue weighted by Gasteiger charge is -2.22. The van der Waals surface area contributed by atoms with E-state index in [1.54, 1.807) is 0 Å². The fourth-order valence-electron chi connectivity index (χ4n) is 3.36. The molecule has 0 amide bonds. The van der Waals surface area contributed by atoms with Gasteiger partial charge in [-0.05, 0) is 23.3 Å². The summed E-state index contributed by atoms with van der Waals surface area (Å²) < 4.78 is 10.0. The summed E-state index contributed by atoms with van der Waals surface area (Å²) in [6.07, 6.45) is 1.39. The van der Waals surface area contributed by atoms with Crippen LogP contribution in [0.25, 0.3) is 5.57 Å². The van der Waals surface area contributed by atoms with Crippen molar-refractivity contribution in [2.45, 2.75) is 6.54 Å². The number of hydrogen-bond acceptors (Lipinski definition) is 5. The number of ketones is 1. The molecule has 0 N–H and O–H groups in total. The predicted molar refractivity (Wildman–Crippen MR) is 122 cm³/mol. The average Bonchev–Trinajstić information content (AvgIpc) is 2.82. The Hall–Kier alpha value is -3.86. The zero-order chi connectivity index (χ0) is 22.2. The molecule has 0 aliphatic carbocycles. The minimum Gasteiger partial charge on any atom is -0.503 e. The molecule has 0 unspecified atom stereocenters. The van der Waals surface area contributed by atoms with Crippen molar-refractivity contribution in [3.05, 3.63) is 107 Å². The molecule has 0 fully saturated rings. The number of methoxy groups -OCH3 is 2. The summed E-state index contributed by atoms with van der Waals surface area (Å²) >= 11 is 0. The number of rotatable bonds is 8. The summed E-state index contributed by atoms with van der Waals surface area (Å²) in [5, 5.41) is 0. The van der Waals surface area contributed by atoms with Gasteiger partial charge in [-0.1, -0.05) is 66.7 Å². The van der Waals surface area contributed by atoms with Gasteiger partial charge in [0.05, 0.1) is 20.5 Å². The number of nitrogens with zero attached hydrogens (tertiary/aromatic N) is 1. The fourth-order valence-corrected chi connectivity index (χ4v) is 3.36. The van der Waals surface area contributed by atoms with Gasteiger partial charge in [0.1, 0.15) is 5.57 Å². The van der Waals surface area contributed by atoms with Gasteiger partial charge in [-0.15, -0.1) is 0 Å². The largest absolute Gasteiger partial charge is 0.503 e. The Morgan fingerprint density at radius 1 is 0.871 bits per heavy atom. The van der Waals surface area contributed by atoms with Gasteiger partial charge in [0.15, 0.2) is 5.78 Å². The zero-order valence-electron chi connectivity index (χ0n) is 17.9. The molecule has 0 heterocycles. The second-order valence-electron chi connectivity index (χ2n) is 7.02. The van der Waals surface area contributed by atoms with E-state index < -0.39 is 5.97 Å². The lowest BCUT2D eigenvalue weighted by molar-refractivity contribution is -0.133. The smallest absolute Gasteiger partial charge is 0.341 e. The normalized spacial score (nSPS) is 11.0. The highest BCUT2D eigenvalue weighted by Crippen LogP contribution is 2.25. The molecule has 0 radical (unpaired) electrons. The van der Waals surface area contributed by atoms with E-state index in [9.17, 15) is 9.59 Å². The van der Waals surface area contributed by atoms with Crippen LogP contribution in [0.2, 0.25) is 0 Å². The predicted octanol–water partition coefficient (Wildman–Crippen LogP) is 4.71. The van der Waals surface area contributed by atoms with Gasteiger partial charge in [0, 0.05) is 30.4 Å². The molecule has 0 aromatic heterocycles. The van der Waals surface area contributed by atoms with Gasteiger partial charge in [-0.25, -0.2) is 4.79 Å². The van der Waals surface area contributed by atoms with Crippen molar-refractivity contribution in [2.75, 3.05) is 26.2 Å². The Bertz CT molecular complexity index is 1090. The van der Waals surface area contributed by atoms with Gasteiger partial charge < -0.3 is 14.4 Å². The van der Waals surface area contributed by atoms with Crippen molar-refractivity contribution < 1.29 is 19.1 Å². The number of esters is 1. The first-order chi connectivity index (χ1) is 15.0. The highest BCUT2D eigenvalue weighted by atomic mass is 16.5. The van der Waals surface area contributed by atoms with Crippen LogP contribution in [0.5, 0.6) is 0 Å². The molecule has 0 atom stereocenters. The number of carbonyl (C=O) groups excluding carboxylic acids is 2. The van der Waals surface area contributed by atoms with Gasteiger partial charge in [0.25, 0.3) is 0 Å². The lowest BCUT2D eigenvalue weighted by Crippen LogP contribution is -2.18. The van der Waals surface area contributed by atoms with Gasteiger partial charge in [-0.2, -0.15) is 0 Å². The number of carbonyl (C=O) groups is 2. The molecule has 0 bridgehead atoms. The van der Waals surface area contributed by atoms with Crippen molar-refractivity contribution in [3.63, 3.8) is 0 Å². The molecule has 0 aliphatic heterocycles. The van der Waals surface area contributed by atoms with Crippen molar-refractivity contribution in [1.82, 2.24) is 0 Å². The first-order valence-corrected chi connectivity index (χ1v) is 9.85. The molecule has 0 saturated carbocycles. The molecular weight excluding hydrogens is 390 g/mol. The van der Waals surface area contributed by atoms with Gasteiger partial charge in [0.2, 0.25) is 0 Å². The molecule has 3 rings (SSSR count). The maximum Gasteiger partial charge on any atom is 0.341 e. The van der Waals surface area contributed by atoms with E-state index >= 15 is 0 Å². The molecule has 5 heteroatoms. The van der Waals surface area contributed by atoms with Gasteiger partial charge >= 0.3 is 5.97 Å². The maximum absolute atomic E-state index is 12.8. The maximum atomic E-state index is 12.8. The Morgan fingerprint density at radius 2 is 1.55 bits per heavy atom. The molecule has 0 spiro atoms. The molecular formula is C26H25NO4. The molecule has 3 aromatic carbocycles. The molecule has 3 aromatic rings. The second-order valence-corrected chi connectivity index (χ2v) is 7.02. The Morgan fingerprint density at radius 3 is 2.26 bits per heavy atom. The van der Waals surface area contributed by atoms with Crippen LogP contribution in [0.3, 0.4) is 0 Å². The summed E-state index contributed by atoms with van der Waals surface area (Å²) in [6.45, 7) is 0.525. The minimum absolute atomic E-state index is 0.0211. The van der Waals surface area contributed by atoms with E-state index in [1.165, 1.54) is 20.5 Å². The van der Waals surface area contributed by atoms with Crippen molar-refractivity contribution in [1.29, 1.82) is 0 Å². The van der Waals surface area contributed by atoms with E-state index in [0.717, 1.165) is 16.8 Å². The van der Waals surface area contributed by atoms with Crippen LogP contribution in [0, 0.1) is 0 Å². The quantitative estimate of drug-likeness (QED) is 0.231. The van der Waals surface area contributed by atoms with Crippen LogP contribution in [0.15, 0.2) is 85.1 Å². The SMILES string of the molecule is CO/C=C(/C(=O)OC)c1ccccc1CN(C)c1cccc(C(=O)c2ccccc2)c1. The second kappa shape index (κ2) is 10.3. The van der Waals surface area contributed by atoms with Crippen molar-refractivity contribution in [3.8, 4) is 0 Å². The van der Waals surface area contributed by atoms with Crippen LogP contribution in [0.1, 0.15) is 27.0 Å². The third-order valence-corrected chi connectivity index (χ3v) is 4.94. The minimum atomic E-state index is -0.465.